The van der Waals surface area contributed by atoms with Gasteiger partial charge >= 0.3 is 0 Å². The summed E-state index contributed by atoms with van der Waals surface area (Å²) in [6.45, 7) is 4.67. The molecule has 24 heavy (non-hydrogen) atoms. The number of hydrogen-bond donors (Lipinski definition) is 1. The molecule has 0 saturated carbocycles. The number of ether oxygens (including phenoxy) is 1. The standard InChI is InChI=1S/C20H24N2O2/c1-3-24-19-13-11-17(12-14-19)5-4-6-20(23)22-21-15-18-9-7-16(2)8-10-18/h7-15H,3-6H2,1-2H3,(H,22,23). The Morgan fingerprint density at radius 2 is 1.83 bits per heavy atom. The van der Waals surface area contributed by atoms with Crippen molar-refractivity contribution in [1.29, 1.82) is 0 Å². The molecule has 0 aliphatic rings. The summed E-state index contributed by atoms with van der Waals surface area (Å²) in [5.41, 5.74) is 5.94. The number of nitrogens with zero attached hydrogens (tertiary/aromatic N) is 1. The zero-order valence-corrected chi connectivity index (χ0v) is 14.3. The Morgan fingerprint density at radius 3 is 2.50 bits per heavy atom. The monoisotopic (exact) mass is 324 g/mol. The predicted molar refractivity (Wildman–Crippen MR) is 97.5 cm³/mol. The van der Waals surface area contributed by atoms with Crippen LogP contribution in [0.5, 0.6) is 5.75 Å². The van der Waals surface area contributed by atoms with Gasteiger partial charge in [-0.1, -0.05) is 42.0 Å². The SMILES string of the molecule is CCOc1ccc(CCCC(=O)NN=Cc2ccc(C)cc2)cc1. The van der Waals surface area contributed by atoms with Crippen LogP contribution < -0.4 is 10.2 Å². The van der Waals surface area contributed by atoms with Crippen molar-refractivity contribution in [2.75, 3.05) is 6.61 Å². The Balaban J connectivity index is 1.68. The molecule has 0 aliphatic heterocycles. The molecule has 0 heterocycles. The van der Waals surface area contributed by atoms with Gasteiger partial charge in [-0.3, -0.25) is 4.79 Å². The third-order valence-corrected chi connectivity index (χ3v) is 3.58. The summed E-state index contributed by atoms with van der Waals surface area (Å²) in [5.74, 6) is 0.814. The van der Waals surface area contributed by atoms with Crippen LogP contribution in [0.3, 0.4) is 0 Å². The minimum absolute atomic E-state index is 0.0655. The molecule has 0 bridgehead atoms. The Morgan fingerprint density at radius 1 is 1.12 bits per heavy atom. The van der Waals surface area contributed by atoms with Crippen molar-refractivity contribution in [3.05, 3.63) is 65.2 Å². The number of carbonyl (C=O) groups is 1. The second-order valence-electron chi connectivity index (χ2n) is 5.63. The van der Waals surface area contributed by atoms with Crippen LogP contribution in [0, 0.1) is 6.92 Å². The maximum absolute atomic E-state index is 11.8. The summed E-state index contributed by atoms with van der Waals surface area (Å²) in [6.07, 6.45) is 3.77. The molecule has 0 spiro atoms. The fourth-order valence-electron chi connectivity index (χ4n) is 2.26. The van der Waals surface area contributed by atoms with Gasteiger partial charge in [-0.05, 0) is 49.9 Å². The summed E-state index contributed by atoms with van der Waals surface area (Å²) in [7, 11) is 0. The topological polar surface area (TPSA) is 50.7 Å². The Bertz CT molecular complexity index is 661. The largest absolute Gasteiger partial charge is 0.494 e. The van der Waals surface area contributed by atoms with E-state index in [0.717, 1.165) is 24.2 Å². The van der Waals surface area contributed by atoms with Crippen molar-refractivity contribution in [2.24, 2.45) is 5.10 Å². The molecule has 2 rings (SSSR count). The van der Waals surface area contributed by atoms with Crippen LogP contribution in [-0.2, 0) is 11.2 Å². The highest BCUT2D eigenvalue weighted by atomic mass is 16.5. The van der Waals surface area contributed by atoms with Gasteiger partial charge in [0.05, 0.1) is 12.8 Å². The van der Waals surface area contributed by atoms with Gasteiger partial charge in [0.2, 0.25) is 5.91 Å². The van der Waals surface area contributed by atoms with E-state index in [4.69, 9.17) is 4.74 Å². The molecule has 4 heteroatoms. The zero-order chi connectivity index (χ0) is 17.2. The molecule has 1 N–H and O–H groups in total. The van der Waals surface area contributed by atoms with Gasteiger partial charge in [-0.25, -0.2) is 5.43 Å². The molecule has 0 fully saturated rings. The van der Waals surface area contributed by atoms with Gasteiger partial charge < -0.3 is 4.74 Å². The number of aryl methyl sites for hydroxylation is 2. The summed E-state index contributed by atoms with van der Waals surface area (Å²) in [5, 5.41) is 3.99. The molecule has 126 valence electrons. The zero-order valence-electron chi connectivity index (χ0n) is 14.3. The van der Waals surface area contributed by atoms with Gasteiger partial charge in [-0.2, -0.15) is 5.10 Å². The Labute approximate surface area is 143 Å². The summed E-state index contributed by atoms with van der Waals surface area (Å²) in [6, 6.07) is 16.0. The molecule has 0 radical (unpaired) electrons. The molecular weight excluding hydrogens is 300 g/mol. The van der Waals surface area contributed by atoms with Gasteiger partial charge in [0, 0.05) is 6.42 Å². The first-order valence-corrected chi connectivity index (χ1v) is 8.27. The fraction of sp³-hybridized carbons (Fsp3) is 0.300. The van der Waals surface area contributed by atoms with Crippen LogP contribution in [-0.4, -0.2) is 18.7 Å². The molecule has 0 aromatic heterocycles. The lowest BCUT2D eigenvalue weighted by Crippen LogP contribution is -2.17. The van der Waals surface area contributed by atoms with Crippen LogP contribution in [0.15, 0.2) is 53.6 Å². The predicted octanol–water partition coefficient (Wildman–Crippen LogP) is 3.87. The van der Waals surface area contributed by atoms with E-state index in [0.29, 0.717) is 13.0 Å². The molecule has 2 aromatic carbocycles. The minimum Gasteiger partial charge on any atom is -0.494 e. The maximum atomic E-state index is 11.8. The van der Waals surface area contributed by atoms with E-state index in [-0.39, 0.29) is 5.91 Å². The maximum Gasteiger partial charge on any atom is 0.240 e. The molecule has 0 unspecified atom stereocenters. The van der Waals surface area contributed by atoms with Gasteiger partial charge in [-0.15, -0.1) is 0 Å². The van der Waals surface area contributed by atoms with E-state index < -0.39 is 0 Å². The van der Waals surface area contributed by atoms with Crippen LogP contribution in [0.4, 0.5) is 0 Å². The van der Waals surface area contributed by atoms with E-state index >= 15 is 0 Å². The van der Waals surface area contributed by atoms with E-state index in [9.17, 15) is 4.79 Å². The number of carbonyl (C=O) groups excluding carboxylic acids is 1. The van der Waals surface area contributed by atoms with E-state index in [2.05, 4.69) is 10.5 Å². The second kappa shape index (κ2) is 9.50. The molecule has 1 amide bonds. The molecular formula is C20H24N2O2. The van der Waals surface area contributed by atoms with Crippen LogP contribution in [0.25, 0.3) is 0 Å². The highest BCUT2D eigenvalue weighted by Crippen LogP contribution is 2.13. The highest BCUT2D eigenvalue weighted by molar-refractivity contribution is 5.82. The van der Waals surface area contributed by atoms with Gasteiger partial charge in [0.15, 0.2) is 0 Å². The van der Waals surface area contributed by atoms with Crippen LogP contribution in [0.1, 0.15) is 36.5 Å². The highest BCUT2D eigenvalue weighted by Gasteiger charge is 2.01. The third-order valence-electron chi connectivity index (χ3n) is 3.58. The smallest absolute Gasteiger partial charge is 0.240 e. The number of benzene rings is 2. The lowest BCUT2D eigenvalue weighted by molar-refractivity contribution is -0.121. The van der Waals surface area contributed by atoms with Crippen molar-refractivity contribution in [2.45, 2.75) is 33.1 Å². The van der Waals surface area contributed by atoms with Gasteiger partial charge in [0.1, 0.15) is 5.75 Å². The Kier molecular flexibility index (Phi) is 7.02. The average molecular weight is 324 g/mol. The van der Waals surface area contributed by atoms with Crippen molar-refractivity contribution < 1.29 is 9.53 Å². The number of hydrogen-bond acceptors (Lipinski definition) is 3. The molecule has 0 saturated heterocycles. The lowest BCUT2D eigenvalue weighted by atomic mass is 10.1. The van der Waals surface area contributed by atoms with Crippen molar-refractivity contribution in [3.8, 4) is 5.75 Å². The van der Waals surface area contributed by atoms with Crippen molar-refractivity contribution >= 4 is 12.1 Å². The lowest BCUT2D eigenvalue weighted by Gasteiger charge is -2.05. The average Bonchev–Trinajstić information content (AvgIpc) is 2.58. The van der Waals surface area contributed by atoms with E-state index in [1.807, 2.05) is 62.4 Å². The van der Waals surface area contributed by atoms with E-state index in [1.54, 1.807) is 6.21 Å². The number of amides is 1. The third kappa shape index (κ3) is 6.24. The summed E-state index contributed by atoms with van der Waals surface area (Å²) >= 11 is 0. The number of rotatable bonds is 8. The first kappa shape index (κ1) is 17.7. The van der Waals surface area contributed by atoms with E-state index in [1.165, 1.54) is 11.1 Å². The first-order chi connectivity index (χ1) is 11.7. The van der Waals surface area contributed by atoms with Crippen molar-refractivity contribution in [1.82, 2.24) is 5.43 Å². The van der Waals surface area contributed by atoms with Gasteiger partial charge in [0.25, 0.3) is 0 Å². The van der Waals surface area contributed by atoms with Crippen molar-refractivity contribution in [3.63, 3.8) is 0 Å². The quantitative estimate of drug-likeness (QED) is 0.592. The Hall–Kier alpha value is -2.62. The summed E-state index contributed by atoms with van der Waals surface area (Å²) in [4.78, 5) is 11.8. The second-order valence-corrected chi connectivity index (χ2v) is 5.63. The molecule has 0 atom stereocenters. The summed E-state index contributed by atoms with van der Waals surface area (Å²) < 4.78 is 5.41. The fourth-order valence-corrected chi connectivity index (χ4v) is 2.26. The van der Waals surface area contributed by atoms with Crippen LogP contribution >= 0.6 is 0 Å². The minimum atomic E-state index is -0.0655. The molecule has 2 aromatic rings. The first-order valence-electron chi connectivity index (χ1n) is 8.27. The normalized spacial score (nSPS) is 10.8. The van der Waals surface area contributed by atoms with Crippen LogP contribution in [0.2, 0.25) is 0 Å². The molecule has 0 aliphatic carbocycles. The number of nitrogens with one attached hydrogen (secondary N) is 1. The molecule has 4 nitrogen and oxygen atoms in total. The number of hydrazone groups is 1.